The van der Waals surface area contributed by atoms with Crippen LogP contribution in [0.1, 0.15) is 29.4 Å². The molecule has 2 aromatic heterocycles. The summed E-state index contributed by atoms with van der Waals surface area (Å²) in [5.41, 5.74) is 2.11. The van der Waals surface area contributed by atoms with Crippen molar-refractivity contribution < 1.29 is 9.47 Å². The quantitative estimate of drug-likeness (QED) is 0.396. The number of piperidine rings is 1. The van der Waals surface area contributed by atoms with Gasteiger partial charge < -0.3 is 9.47 Å². The van der Waals surface area contributed by atoms with Crippen molar-refractivity contribution in [1.29, 1.82) is 0 Å². The van der Waals surface area contributed by atoms with Crippen molar-refractivity contribution in [2.45, 2.75) is 37.2 Å². The molecule has 2 atom stereocenters. The molecule has 35 heavy (non-hydrogen) atoms. The Kier molecular flexibility index (Phi) is 8.62. The highest BCUT2D eigenvalue weighted by molar-refractivity contribution is 7.19. The Morgan fingerprint density at radius 2 is 2.03 bits per heavy atom. The van der Waals surface area contributed by atoms with Gasteiger partial charge in [0.2, 0.25) is 0 Å². The predicted octanol–water partition coefficient (Wildman–Crippen LogP) is 4.20. The third-order valence-electron chi connectivity index (χ3n) is 7.04. The molecule has 0 saturated carbocycles. The summed E-state index contributed by atoms with van der Waals surface area (Å²) in [7, 11) is 1.79. The third-order valence-corrected chi connectivity index (χ3v) is 8.41. The van der Waals surface area contributed by atoms with Gasteiger partial charge in [0.15, 0.2) is 0 Å². The van der Waals surface area contributed by atoms with Gasteiger partial charge in [-0.15, -0.1) is 11.3 Å². The van der Waals surface area contributed by atoms with Gasteiger partial charge in [0.1, 0.15) is 11.9 Å². The number of nitrogens with zero attached hydrogens (tertiary/aromatic N) is 5. The van der Waals surface area contributed by atoms with E-state index in [9.17, 15) is 0 Å². The fraction of sp³-hybridized carbons (Fsp3) is 0.538. The number of morpholine rings is 1. The van der Waals surface area contributed by atoms with Crippen molar-refractivity contribution in [3.8, 4) is 0 Å². The minimum atomic E-state index is -0.270. The first-order valence-corrected chi connectivity index (χ1v) is 13.7. The number of benzene rings is 1. The standard InChI is InChI=1S/C26H34ClN5O2S/c1-33-13-11-31(17-20-5-3-2-4-6-20)21-7-9-30(10-8-21)26(32-12-14-34-25(27)18-32)23-15-22-24(35-23)16-28-19-29-22/h2-6,15-16,19,21,25-26H,7-14,17-18H2,1H3. The third kappa shape index (κ3) is 6.20. The van der Waals surface area contributed by atoms with Gasteiger partial charge in [0, 0.05) is 63.5 Å². The number of ether oxygens (including phenoxy) is 2. The van der Waals surface area contributed by atoms with E-state index >= 15 is 0 Å². The summed E-state index contributed by atoms with van der Waals surface area (Å²) in [6.07, 6.45) is 5.99. The largest absolute Gasteiger partial charge is 0.383 e. The van der Waals surface area contributed by atoms with E-state index in [1.165, 1.54) is 10.4 Å². The number of alkyl halides is 1. The molecule has 0 bridgehead atoms. The van der Waals surface area contributed by atoms with Crippen LogP contribution in [0, 0.1) is 0 Å². The summed E-state index contributed by atoms with van der Waals surface area (Å²) in [6.45, 7) is 7.01. The molecule has 3 aromatic rings. The second-order valence-electron chi connectivity index (χ2n) is 9.29. The average Bonchev–Trinajstić information content (AvgIpc) is 3.31. The number of aromatic nitrogens is 2. The zero-order valence-electron chi connectivity index (χ0n) is 20.3. The van der Waals surface area contributed by atoms with Crippen molar-refractivity contribution in [2.75, 3.05) is 53.0 Å². The SMILES string of the molecule is COCCN(Cc1ccccc1)C1CCN(C(c2cc3ncncc3s2)N2CCOC(Cl)C2)CC1. The molecule has 5 rings (SSSR count). The summed E-state index contributed by atoms with van der Waals surface area (Å²) in [4.78, 5) is 17.7. The van der Waals surface area contributed by atoms with E-state index in [0.29, 0.717) is 12.6 Å². The van der Waals surface area contributed by atoms with Crippen LogP contribution in [-0.4, -0.2) is 89.3 Å². The van der Waals surface area contributed by atoms with Crippen molar-refractivity contribution in [3.05, 3.63) is 59.4 Å². The van der Waals surface area contributed by atoms with Gasteiger partial charge >= 0.3 is 0 Å². The van der Waals surface area contributed by atoms with Crippen molar-refractivity contribution >= 4 is 33.2 Å². The van der Waals surface area contributed by atoms with Crippen LogP contribution in [0.2, 0.25) is 0 Å². The summed E-state index contributed by atoms with van der Waals surface area (Å²) >= 11 is 8.23. The number of hydrogen-bond acceptors (Lipinski definition) is 8. The first kappa shape index (κ1) is 25.0. The molecule has 4 heterocycles. The van der Waals surface area contributed by atoms with E-state index in [2.05, 4.69) is 61.1 Å². The van der Waals surface area contributed by atoms with E-state index in [1.54, 1.807) is 24.8 Å². The van der Waals surface area contributed by atoms with Crippen LogP contribution in [0.15, 0.2) is 48.9 Å². The maximum atomic E-state index is 6.43. The van der Waals surface area contributed by atoms with Crippen LogP contribution >= 0.6 is 22.9 Å². The molecule has 7 nitrogen and oxygen atoms in total. The fourth-order valence-corrected chi connectivity index (χ4v) is 6.71. The summed E-state index contributed by atoms with van der Waals surface area (Å²) in [6, 6.07) is 13.5. The van der Waals surface area contributed by atoms with E-state index in [0.717, 1.165) is 68.9 Å². The topological polar surface area (TPSA) is 54.0 Å². The Hall–Kier alpha value is -1.65. The lowest BCUT2D eigenvalue weighted by molar-refractivity contribution is -0.0591. The lowest BCUT2D eigenvalue weighted by atomic mass is 10.0. The molecular weight excluding hydrogens is 482 g/mol. The van der Waals surface area contributed by atoms with Crippen LogP contribution in [-0.2, 0) is 16.0 Å². The van der Waals surface area contributed by atoms with E-state index in [4.69, 9.17) is 21.1 Å². The zero-order valence-corrected chi connectivity index (χ0v) is 21.8. The van der Waals surface area contributed by atoms with Gasteiger partial charge in [-0.25, -0.2) is 9.97 Å². The van der Waals surface area contributed by atoms with Crippen LogP contribution in [0.4, 0.5) is 0 Å². The highest BCUT2D eigenvalue weighted by atomic mass is 35.5. The normalized spacial score (nSPS) is 21.6. The molecule has 0 N–H and O–H groups in total. The van der Waals surface area contributed by atoms with Gasteiger partial charge in [0.25, 0.3) is 0 Å². The molecule has 9 heteroatoms. The molecule has 188 valence electrons. The summed E-state index contributed by atoms with van der Waals surface area (Å²) < 4.78 is 12.2. The van der Waals surface area contributed by atoms with E-state index in [-0.39, 0.29) is 11.7 Å². The molecule has 2 unspecified atom stereocenters. The van der Waals surface area contributed by atoms with E-state index in [1.807, 2.05) is 6.20 Å². The molecule has 1 aromatic carbocycles. The molecule has 2 aliphatic rings. The van der Waals surface area contributed by atoms with Crippen molar-refractivity contribution in [1.82, 2.24) is 24.7 Å². The number of fused-ring (bicyclic) bond motifs is 1. The number of thiophene rings is 1. The smallest absolute Gasteiger partial charge is 0.143 e. The summed E-state index contributed by atoms with van der Waals surface area (Å²) in [5, 5.41) is 0. The predicted molar refractivity (Wildman–Crippen MR) is 141 cm³/mol. The Balaban J connectivity index is 1.32. The Morgan fingerprint density at radius 1 is 1.20 bits per heavy atom. The minimum Gasteiger partial charge on any atom is -0.383 e. The minimum absolute atomic E-state index is 0.182. The van der Waals surface area contributed by atoms with Gasteiger partial charge in [-0.05, 0) is 24.5 Å². The number of likely N-dealkylation sites (tertiary alicyclic amines) is 1. The molecular formula is C26H34ClN5O2S. The number of rotatable bonds is 9. The molecule has 0 aliphatic carbocycles. The maximum absolute atomic E-state index is 6.43. The number of hydrogen-bond donors (Lipinski definition) is 0. The van der Waals surface area contributed by atoms with Crippen LogP contribution in [0.25, 0.3) is 10.2 Å². The number of halogens is 1. The first-order valence-electron chi connectivity index (χ1n) is 12.4. The molecule has 2 saturated heterocycles. The molecule has 0 spiro atoms. The van der Waals surface area contributed by atoms with Gasteiger partial charge in [-0.3, -0.25) is 14.7 Å². The second kappa shape index (κ2) is 12.1. The van der Waals surface area contributed by atoms with Crippen molar-refractivity contribution in [2.24, 2.45) is 0 Å². The Morgan fingerprint density at radius 3 is 2.77 bits per heavy atom. The highest BCUT2D eigenvalue weighted by Crippen LogP contribution is 2.37. The van der Waals surface area contributed by atoms with E-state index < -0.39 is 0 Å². The Bertz CT molecular complexity index is 1030. The molecule has 2 aliphatic heterocycles. The lowest BCUT2D eigenvalue weighted by Gasteiger charge is -2.46. The summed E-state index contributed by atoms with van der Waals surface area (Å²) in [5.74, 6) is 0. The maximum Gasteiger partial charge on any atom is 0.143 e. The van der Waals surface area contributed by atoms with Crippen LogP contribution in [0.5, 0.6) is 0 Å². The lowest BCUT2D eigenvalue weighted by Crippen LogP contribution is -2.52. The first-order chi connectivity index (χ1) is 17.2. The fourth-order valence-electron chi connectivity index (χ4n) is 5.28. The van der Waals surface area contributed by atoms with Gasteiger partial charge in [0.05, 0.1) is 29.6 Å². The monoisotopic (exact) mass is 515 g/mol. The van der Waals surface area contributed by atoms with Gasteiger partial charge in [-0.2, -0.15) is 0 Å². The average molecular weight is 516 g/mol. The number of methoxy groups -OCH3 is 1. The molecule has 0 amide bonds. The highest BCUT2D eigenvalue weighted by Gasteiger charge is 2.35. The van der Waals surface area contributed by atoms with Crippen LogP contribution in [0.3, 0.4) is 0 Å². The molecule has 2 fully saturated rings. The zero-order chi connectivity index (χ0) is 24.0. The van der Waals surface area contributed by atoms with Gasteiger partial charge in [-0.1, -0.05) is 41.9 Å². The van der Waals surface area contributed by atoms with Crippen molar-refractivity contribution in [3.63, 3.8) is 0 Å². The second-order valence-corrected chi connectivity index (χ2v) is 10.9. The van der Waals surface area contributed by atoms with Crippen LogP contribution < -0.4 is 0 Å². The Labute approximate surface area is 216 Å². The molecule has 0 radical (unpaired) electrons.